The molecule has 1 atom stereocenters. The normalized spacial score (nSPS) is 18.0. The average molecular weight is 321 g/mol. The lowest BCUT2D eigenvalue weighted by molar-refractivity contribution is 0.0699. The maximum absolute atomic E-state index is 12.8. The molecule has 2 aromatic heterocycles. The molecular weight excluding hydrogens is 302 g/mol. The molecule has 24 heavy (non-hydrogen) atoms. The molecule has 1 amide bonds. The van der Waals surface area contributed by atoms with Crippen molar-refractivity contribution in [2.75, 3.05) is 13.1 Å². The molecule has 6 nitrogen and oxygen atoms in total. The van der Waals surface area contributed by atoms with Gasteiger partial charge in [0.25, 0.3) is 5.91 Å². The van der Waals surface area contributed by atoms with Crippen LogP contribution in [0.4, 0.5) is 0 Å². The number of fused-ring (bicyclic) bond motifs is 1. The lowest BCUT2D eigenvalue weighted by atomic mass is 9.95. The first kappa shape index (κ1) is 14.8. The van der Waals surface area contributed by atoms with Crippen LogP contribution in [0.1, 0.15) is 34.9 Å². The molecule has 0 unspecified atom stereocenters. The van der Waals surface area contributed by atoms with Crippen LogP contribution in [-0.4, -0.2) is 43.6 Å². The minimum absolute atomic E-state index is 0.0473. The number of aromatic nitrogens is 4. The van der Waals surface area contributed by atoms with Crippen molar-refractivity contribution in [2.45, 2.75) is 18.8 Å². The molecule has 0 radical (unpaired) electrons. The fourth-order valence-corrected chi connectivity index (χ4v) is 3.28. The summed E-state index contributed by atoms with van der Waals surface area (Å²) in [5.41, 5.74) is 3.02. The topological polar surface area (TPSA) is 63.9 Å². The van der Waals surface area contributed by atoms with Crippen LogP contribution in [0.2, 0.25) is 0 Å². The summed E-state index contributed by atoms with van der Waals surface area (Å²) in [5, 5.41) is 4.49. The molecule has 1 aromatic carbocycles. The molecule has 0 N–H and O–H groups in total. The molecule has 122 valence electrons. The number of aryl methyl sites for hydroxylation is 1. The summed E-state index contributed by atoms with van der Waals surface area (Å²) in [6, 6.07) is 9.64. The van der Waals surface area contributed by atoms with Crippen LogP contribution in [0, 0.1) is 0 Å². The number of piperidine rings is 1. The largest absolute Gasteiger partial charge is 0.337 e. The van der Waals surface area contributed by atoms with Gasteiger partial charge in [-0.3, -0.25) is 14.5 Å². The van der Waals surface area contributed by atoms with Gasteiger partial charge in [-0.2, -0.15) is 5.10 Å². The molecule has 3 heterocycles. The molecule has 1 aliphatic rings. The van der Waals surface area contributed by atoms with Crippen LogP contribution in [0.3, 0.4) is 0 Å². The summed E-state index contributed by atoms with van der Waals surface area (Å²) in [7, 11) is 1.92. The smallest absolute Gasteiger partial charge is 0.274 e. The molecule has 0 aliphatic carbocycles. The van der Waals surface area contributed by atoms with Gasteiger partial charge < -0.3 is 4.90 Å². The summed E-state index contributed by atoms with van der Waals surface area (Å²) in [6.07, 6.45) is 5.57. The third-order valence-electron chi connectivity index (χ3n) is 4.53. The molecule has 1 saturated heterocycles. The first-order valence-corrected chi connectivity index (χ1v) is 8.21. The van der Waals surface area contributed by atoms with Gasteiger partial charge in [-0.05, 0) is 31.0 Å². The highest BCUT2D eigenvalue weighted by molar-refractivity contribution is 5.93. The Bertz CT molecular complexity index is 888. The van der Waals surface area contributed by atoms with Crippen molar-refractivity contribution >= 4 is 16.9 Å². The molecule has 4 rings (SSSR count). The Balaban J connectivity index is 1.56. The minimum Gasteiger partial charge on any atom is -0.337 e. The SMILES string of the molecule is Cn1ccc([C@H]2CCCN(C(=O)c3cnc4ccccc4n3)C2)n1. The number of carbonyl (C=O) groups is 1. The average Bonchev–Trinajstić information content (AvgIpc) is 3.07. The van der Waals surface area contributed by atoms with Crippen LogP contribution in [0.5, 0.6) is 0 Å². The highest BCUT2D eigenvalue weighted by Crippen LogP contribution is 2.26. The predicted octanol–water partition coefficient (Wildman–Crippen LogP) is 2.38. The highest BCUT2D eigenvalue weighted by atomic mass is 16.2. The number of amides is 1. The Morgan fingerprint density at radius 1 is 1.21 bits per heavy atom. The monoisotopic (exact) mass is 321 g/mol. The highest BCUT2D eigenvalue weighted by Gasteiger charge is 2.27. The van der Waals surface area contributed by atoms with Gasteiger partial charge in [0.15, 0.2) is 0 Å². The number of likely N-dealkylation sites (tertiary alicyclic amines) is 1. The third kappa shape index (κ3) is 2.75. The molecule has 3 aromatic rings. The Labute approximate surface area is 140 Å². The van der Waals surface area contributed by atoms with Gasteiger partial charge in [-0.1, -0.05) is 12.1 Å². The fraction of sp³-hybridized carbons (Fsp3) is 0.333. The van der Waals surface area contributed by atoms with E-state index in [0.717, 1.165) is 36.1 Å². The van der Waals surface area contributed by atoms with E-state index in [0.29, 0.717) is 12.2 Å². The second-order valence-corrected chi connectivity index (χ2v) is 6.25. The lowest BCUT2D eigenvalue weighted by Crippen LogP contribution is -2.39. The van der Waals surface area contributed by atoms with Gasteiger partial charge in [0.2, 0.25) is 0 Å². The van der Waals surface area contributed by atoms with Gasteiger partial charge in [-0.15, -0.1) is 0 Å². The zero-order valence-electron chi connectivity index (χ0n) is 13.6. The van der Waals surface area contributed by atoms with E-state index in [1.165, 1.54) is 0 Å². The molecule has 1 aliphatic heterocycles. The van der Waals surface area contributed by atoms with Crippen molar-refractivity contribution in [3.05, 3.63) is 54.1 Å². The van der Waals surface area contributed by atoms with Crippen molar-refractivity contribution in [1.82, 2.24) is 24.6 Å². The Kier molecular flexibility index (Phi) is 3.72. The van der Waals surface area contributed by atoms with Gasteiger partial charge in [0.05, 0.1) is 22.9 Å². The number of nitrogens with zero attached hydrogens (tertiary/aromatic N) is 5. The Hall–Kier alpha value is -2.76. The van der Waals surface area contributed by atoms with Crippen molar-refractivity contribution < 1.29 is 4.79 Å². The van der Waals surface area contributed by atoms with Crippen molar-refractivity contribution in [3.63, 3.8) is 0 Å². The first-order chi connectivity index (χ1) is 11.7. The number of benzene rings is 1. The number of hydrogen-bond donors (Lipinski definition) is 0. The van der Waals surface area contributed by atoms with Crippen LogP contribution in [-0.2, 0) is 7.05 Å². The summed E-state index contributed by atoms with van der Waals surface area (Å²) in [4.78, 5) is 23.5. The number of carbonyl (C=O) groups excluding carboxylic acids is 1. The van der Waals surface area contributed by atoms with E-state index in [9.17, 15) is 4.79 Å². The molecule has 0 saturated carbocycles. The summed E-state index contributed by atoms with van der Waals surface area (Å²) in [5.74, 6) is 0.242. The fourth-order valence-electron chi connectivity index (χ4n) is 3.28. The molecule has 1 fully saturated rings. The third-order valence-corrected chi connectivity index (χ3v) is 4.53. The Morgan fingerprint density at radius 3 is 2.83 bits per heavy atom. The molecule has 0 spiro atoms. The number of rotatable bonds is 2. The van der Waals surface area contributed by atoms with Gasteiger partial charge in [0, 0.05) is 32.3 Å². The maximum atomic E-state index is 12.8. The van der Waals surface area contributed by atoms with Crippen LogP contribution < -0.4 is 0 Å². The van der Waals surface area contributed by atoms with E-state index < -0.39 is 0 Å². The van der Waals surface area contributed by atoms with E-state index in [-0.39, 0.29) is 11.8 Å². The van der Waals surface area contributed by atoms with Gasteiger partial charge in [-0.25, -0.2) is 4.98 Å². The number of para-hydroxylation sites is 2. The molecular formula is C18H19N5O. The summed E-state index contributed by atoms with van der Waals surface area (Å²) >= 11 is 0. The van der Waals surface area contributed by atoms with Crippen LogP contribution in [0.25, 0.3) is 11.0 Å². The number of hydrogen-bond acceptors (Lipinski definition) is 4. The minimum atomic E-state index is -0.0473. The van der Waals surface area contributed by atoms with Crippen molar-refractivity contribution in [2.24, 2.45) is 7.05 Å². The van der Waals surface area contributed by atoms with Crippen LogP contribution in [0.15, 0.2) is 42.7 Å². The van der Waals surface area contributed by atoms with E-state index >= 15 is 0 Å². The summed E-state index contributed by atoms with van der Waals surface area (Å²) in [6.45, 7) is 1.45. The first-order valence-electron chi connectivity index (χ1n) is 8.21. The summed E-state index contributed by atoms with van der Waals surface area (Å²) < 4.78 is 1.81. The van der Waals surface area contributed by atoms with Gasteiger partial charge in [0.1, 0.15) is 5.69 Å². The predicted molar refractivity (Wildman–Crippen MR) is 90.6 cm³/mol. The van der Waals surface area contributed by atoms with Gasteiger partial charge >= 0.3 is 0 Å². The Morgan fingerprint density at radius 2 is 2.04 bits per heavy atom. The second kappa shape index (κ2) is 6.03. The zero-order chi connectivity index (χ0) is 16.5. The molecule has 6 heteroatoms. The van der Waals surface area contributed by atoms with Crippen molar-refractivity contribution in [3.8, 4) is 0 Å². The molecule has 0 bridgehead atoms. The quantitative estimate of drug-likeness (QED) is 0.727. The second-order valence-electron chi connectivity index (χ2n) is 6.25. The standard InChI is InChI=1S/C18H19N5O/c1-22-10-8-14(21-22)13-5-4-9-23(12-13)18(24)17-11-19-15-6-2-3-7-16(15)20-17/h2-3,6-8,10-11,13H,4-5,9,12H2,1H3/t13-/m0/s1. The van der Waals surface area contributed by atoms with E-state index in [1.54, 1.807) is 6.20 Å². The lowest BCUT2D eigenvalue weighted by Gasteiger charge is -2.31. The van der Waals surface area contributed by atoms with E-state index in [1.807, 2.05) is 53.2 Å². The van der Waals surface area contributed by atoms with Crippen LogP contribution >= 0.6 is 0 Å². The van der Waals surface area contributed by atoms with Crippen molar-refractivity contribution in [1.29, 1.82) is 0 Å². The zero-order valence-corrected chi connectivity index (χ0v) is 13.6. The maximum Gasteiger partial charge on any atom is 0.274 e. The van der Waals surface area contributed by atoms with E-state index in [4.69, 9.17) is 0 Å². The van der Waals surface area contributed by atoms with E-state index in [2.05, 4.69) is 15.1 Å².